The van der Waals surface area contributed by atoms with Crippen LogP contribution in [0.5, 0.6) is 0 Å². The predicted molar refractivity (Wildman–Crippen MR) is 76.2 cm³/mol. The summed E-state index contributed by atoms with van der Waals surface area (Å²) in [6, 6.07) is 11.5. The molecule has 0 radical (unpaired) electrons. The van der Waals surface area contributed by atoms with Crippen molar-refractivity contribution in [3.05, 3.63) is 64.2 Å². The van der Waals surface area contributed by atoms with Crippen LogP contribution in [0.25, 0.3) is 22.9 Å². The summed E-state index contributed by atoms with van der Waals surface area (Å²) in [6.07, 6.45) is 0. The van der Waals surface area contributed by atoms with E-state index in [1.165, 1.54) is 48.5 Å². The third kappa shape index (κ3) is 2.91. The van der Waals surface area contributed by atoms with Gasteiger partial charge in [-0.05, 0) is 29.8 Å². The molecule has 1 aromatic heterocycles. The van der Waals surface area contributed by atoms with Gasteiger partial charge in [0.1, 0.15) is 0 Å². The number of aromatic carboxylic acids is 1. The summed E-state index contributed by atoms with van der Waals surface area (Å²) < 4.78 is 5.50. The van der Waals surface area contributed by atoms with Crippen molar-refractivity contribution < 1.29 is 19.2 Å². The van der Waals surface area contributed by atoms with Crippen LogP contribution in [0.3, 0.4) is 0 Å². The maximum Gasteiger partial charge on any atom is 0.269 e. The van der Waals surface area contributed by atoms with Gasteiger partial charge in [-0.25, -0.2) is 0 Å². The molecule has 3 aromatic rings. The van der Waals surface area contributed by atoms with Crippen molar-refractivity contribution >= 4 is 11.7 Å². The smallest absolute Gasteiger partial charge is 0.269 e. The molecule has 0 amide bonds. The number of hydrogen-bond donors (Lipinski definition) is 0. The Balaban J connectivity index is 1.87. The van der Waals surface area contributed by atoms with Gasteiger partial charge in [0.25, 0.3) is 5.69 Å². The lowest BCUT2D eigenvalue weighted by Gasteiger charge is -2.01. The van der Waals surface area contributed by atoms with Crippen LogP contribution in [0, 0.1) is 10.1 Å². The second-order valence-corrected chi connectivity index (χ2v) is 4.58. The van der Waals surface area contributed by atoms with E-state index in [1.54, 1.807) is 0 Å². The molecule has 0 aliphatic rings. The van der Waals surface area contributed by atoms with E-state index in [0.29, 0.717) is 11.1 Å². The number of carboxylic acids is 1. The Bertz CT molecular complexity index is 797. The van der Waals surface area contributed by atoms with E-state index >= 15 is 0 Å². The highest BCUT2D eigenvalue weighted by Gasteiger charge is 2.12. The number of benzene rings is 2. The molecule has 0 spiro atoms. The van der Waals surface area contributed by atoms with Crippen molar-refractivity contribution in [2.75, 3.05) is 0 Å². The minimum Gasteiger partial charge on any atom is -0.545 e. The molecular weight excluding hydrogens is 302 g/mol. The Morgan fingerprint density at radius 3 is 1.83 bits per heavy atom. The van der Waals surface area contributed by atoms with Crippen molar-refractivity contribution in [1.29, 1.82) is 0 Å². The second-order valence-electron chi connectivity index (χ2n) is 4.58. The normalized spacial score (nSPS) is 10.4. The van der Waals surface area contributed by atoms with Crippen LogP contribution >= 0.6 is 0 Å². The molecule has 0 atom stereocenters. The highest BCUT2D eigenvalue weighted by atomic mass is 16.6. The standard InChI is InChI=1S/C15H9N3O5/c19-15(20)11-3-1-9(2-4-11)13-16-17-14(23-13)10-5-7-12(8-6-10)18(21)22/h1-8H,(H,19,20)/p-1. The number of nitro benzene ring substituents is 1. The number of carbonyl (C=O) groups excluding carboxylic acids is 1. The number of carboxylic acid groups (broad SMARTS) is 1. The fraction of sp³-hybridized carbons (Fsp3) is 0. The largest absolute Gasteiger partial charge is 0.545 e. The Morgan fingerprint density at radius 1 is 0.913 bits per heavy atom. The van der Waals surface area contributed by atoms with Crippen LogP contribution in [0.15, 0.2) is 52.9 Å². The van der Waals surface area contributed by atoms with Crippen LogP contribution in [-0.2, 0) is 0 Å². The van der Waals surface area contributed by atoms with Gasteiger partial charge in [0, 0.05) is 23.3 Å². The first-order chi connectivity index (χ1) is 11.0. The molecule has 0 aliphatic heterocycles. The highest BCUT2D eigenvalue weighted by molar-refractivity contribution is 5.86. The van der Waals surface area contributed by atoms with E-state index in [1.807, 2.05) is 0 Å². The number of nitro groups is 1. The van der Waals surface area contributed by atoms with Crippen LogP contribution < -0.4 is 5.11 Å². The zero-order chi connectivity index (χ0) is 16.4. The molecule has 114 valence electrons. The summed E-state index contributed by atoms with van der Waals surface area (Å²) in [5, 5.41) is 29.1. The Kier molecular flexibility index (Phi) is 3.55. The molecule has 8 heteroatoms. The molecular formula is C15H8N3O5-. The third-order valence-electron chi connectivity index (χ3n) is 3.12. The van der Waals surface area contributed by atoms with Crippen molar-refractivity contribution in [3.8, 4) is 22.9 Å². The lowest BCUT2D eigenvalue weighted by atomic mass is 10.1. The maximum atomic E-state index is 10.7. The number of non-ortho nitro benzene ring substituents is 1. The summed E-state index contributed by atoms with van der Waals surface area (Å²) in [5.41, 5.74) is 1.10. The minimum absolute atomic E-state index is 0.0358. The van der Waals surface area contributed by atoms with E-state index in [-0.39, 0.29) is 23.0 Å². The molecule has 1 heterocycles. The summed E-state index contributed by atoms with van der Waals surface area (Å²) in [4.78, 5) is 20.8. The zero-order valence-corrected chi connectivity index (χ0v) is 11.5. The average Bonchev–Trinajstić information content (AvgIpc) is 3.05. The van der Waals surface area contributed by atoms with Gasteiger partial charge < -0.3 is 14.3 Å². The fourth-order valence-corrected chi connectivity index (χ4v) is 1.93. The van der Waals surface area contributed by atoms with E-state index < -0.39 is 10.9 Å². The number of rotatable bonds is 4. The topological polar surface area (TPSA) is 122 Å². The molecule has 0 saturated heterocycles. The van der Waals surface area contributed by atoms with Gasteiger partial charge in [0.15, 0.2) is 0 Å². The second kappa shape index (κ2) is 5.68. The maximum absolute atomic E-state index is 10.7. The lowest BCUT2D eigenvalue weighted by molar-refractivity contribution is -0.384. The molecule has 0 aliphatic carbocycles. The molecule has 0 N–H and O–H groups in total. The SMILES string of the molecule is O=C([O-])c1ccc(-c2nnc(-c3ccc([N+](=O)[O-])cc3)o2)cc1. The molecule has 23 heavy (non-hydrogen) atoms. The van der Waals surface area contributed by atoms with Gasteiger partial charge >= 0.3 is 0 Å². The molecule has 0 fully saturated rings. The predicted octanol–water partition coefficient (Wildman–Crippen LogP) is 1.68. The molecule has 8 nitrogen and oxygen atoms in total. The third-order valence-corrected chi connectivity index (χ3v) is 3.12. The van der Waals surface area contributed by atoms with Gasteiger partial charge in [0.05, 0.1) is 10.9 Å². The quantitative estimate of drug-likeness (QED) is 0.530. The molecule has 0 bridgehead atoms. The number of carbonyl (C=O) groups is 1. The van der Waals surface area contributed by atoms with Gasteiger partial charge in [-0.1, -0.05) is 12.1 Å². The van der Waals surface area contributed by atoms with E-state index in [2.05, 4.69) is 10.2 Å². The Morgan fingerprint density at radius 2 is 1.39 bits per heavy atom. The lowest BCUT2D eigenvalue weighted by Crippen LogP contribution is -2.21. The van der Waals surface area contributed by atoms with E-state index in [9.17, 15) is 20.0 Å². The summed E-state index contributed by atoms with van der Waals surface area (Å²) in [6.45, 7) is 0. The van der Waals surface area contributed by atoms with Crippen LogP contribution in [0.4, 0.5) is 5.69 Å². The summed E-state index contributed by atoms with van der Waals surface area (Å²) in [7, 11) is 0. The molecule has 2 aromatic carbocycles. The van der Waals surface area contributed by atoms with Gasteiger partial charge in [-0.15, -0.1) is 10.2 Å². The monoisotopic (exact) mass is 310 g/mol. The van der Waals surface area contributed by atoms with Gasteiger partial charge in [0.2, 0.25) is 11.8 Å². The van der Waals surface area contributed by atoms with Crippen molar-refractivity contribution in [2.24, 2.45) is 0 Å². The average molecular weight is 310 g/mol. The molecule has 0 unspecified atom stereocenters. The van der Waals surface area contributed by atoms with Crippen molar-refractivity contribution in [3.63, 3.8) is 0 Å². The van der Waals surface area contributed by atoms with Crippen LogP contribution in [0.1, 0.15) is 10.4 Å². The van der Waals surface area contributed by atoms with Crippen LogP contribution in [0.2, 0.25) is 0 Å². The summed E-state index contributed by atoms with van der Waals surface area (Å²) >= 11 is 0. The Labute approximate surface area is 129 Å². The molecule has 3 rings (SSSR count). The highest BCUT2D eigenvalue weighted by Crippen LogP contribution is 2.25. The first-order valence-electron chi connectivity index (χ1n) is 6.45. The first kappa shape index (κ1) is 14.4. The van der Waals surface area contributed by atoms with Gasteiger partial charge in [-0.2, -0.15) is 0 Å². The molecule has 0 saturated carbocycles. The number of hydrogen-bond acceptors (Lipinski definition) is 7. The zero-order valence-electron chi connectivity index (χ0n) is 11.5. The van der Waals surface area contributed by atoms with Gasteiger partial charge in [-0.3, -0.25) is 10.1 Å². The minimum atomic E-state index is -1.27. The Hall–Kier alpha value is -3.55. The fourth-order valence-electron chi connectivity index (χ4n) is 1.93. The van der Waals surface area contributed by atoms with E-state index in [0.717, 1.165) is 0 Å². The van der Waals surface area contributed by atoms with Crippen molar-refractivity contribution in [2.45, 2.75) is 0 Å². The van der Waals surface area contributed by atoms with E-state index in [4.69, 9.17) is 4.42 Å². The number of nitrogens with zero attached hydrogens (tertiary/aromatic N) is 3. The van der Waals surface area contributed by atoms with Crippen LogP contribution in [-0.4, -0.2) is 21.1 Å². The first-order valence-corrected chi connectivity index (χ1v) is 6.45. The number of aromatic nitrogens is 2. The summed E-state index contributed by atoms with van der Waals surface area (Å²) in [5.74, 6) is -0.851. The van der Waals surface area contributed by atoms with Crippen molar-refractivity contribution in [1.82, 2.24) is 10.2 Å².